The molecule has 0 amide bonds. The Morgan fingerprint density at radius 3 is 1.90 bits per heavy atom. The highest BCUT2D eigenvalue weighted by Gasteiger charge is 2.18. The SMILES string of the molecule is CC.CC(C)CC1COC1. The second kappa shape index (κ2) is 5.72. The Balaban J connectivity index is 0.000000371. The molecule has 0 spiro atoms. The van der Waals surface area contributed by atoms with Crippen molar-refractivity contribution in [3.63, 3.8) is 0 Å². The maximum atomic E-state index is 5.04. The first-order valence-electron chi connectivity index (χ1n) is 4.37. The van der Waals surface area contributed by atoms with Gasteiger partial charge in [0.25, 0.3) is 0 Å². The fourth-order valence-electron chi connectivity index (χ4n) is 1.09. The molecule has 0 unspecified atom stereocenters. The lowest BCUT2D eigenvalue weighted by molar-refractivity contribution is -0.0406. The summed E-state index contributed by atoms with van der Waals surface area (Å²) in [6.45, 7) is 10.5. The molecule has 1 fully saturated rings. The van der Waals surface area contributed by atoms with Crippen molar-refractivity contribution in [3.8, 4) is 0 Å². The zero-order valence-corrected chi connectivity index (χ0v) is 7.68. The molecule has 0 atom stereocenters. The Morgan fingerprint density at radius 1 is 1.30 bits per heavy atom. The van der Waals surface area contributed by atoms with Crippen LogP contribution in [-0.2, 0) is 4.74 Å². The van der Waals surface area contributed by atoms with E-state index < -0.39 is 0 Å². The Hall–Kier alpha value is -0.0400. The van der Waals surface area contributed by atoms with Gasteiger partial charge in [-0.05, 0) is 12.3 Å². The van der Waals surface area contributed by atoms with Crippen molar-refractivity contribution < 1.29 is 4.74 Å². The zero-order chi connectivity index (χ0) is 7.98. The van der Waals surface area contributed by atoms with E-state index >= 15 is 0 Å². The van der Waals surface area contributed by atoms with Crippen LogP contribution in [-0.4, -0.2) is 13.2 Å². The first-order chi connectivity index (χ1) is 4.79. The highest BCUT2D eigenvalue weighted by molar-refractivity contribution is 4.66. The third-order valence-electron chi connectivity index (χ3n) is 1.51. The fraction of sp³-hybridized carbons (Fsp3) is 1.00. The molecule has 0 aromatic carbocycles. The second-order valence-electron chi connectivity index (χ2n) is 3.03. The van der Waals surface area contributed by atoms with Crippen molar-refractivity contribution in [1.82, 2.24) is 0 Å². The van der Waals surface area contributed by atoms with E-state index in [0.29, 0.717) is 0 Å². The van der Waals surface area contributed by atoms with E-state index in [9.17, 15) is 0 Å². The molecule has 0 bridgehead atoms. The third kappa shape index (κ3) is 3.89. The van der Waals surface area contributed by atoms with Crippen molar-refractivity contribution >= 4 is 0 Å². The normalized spacial score (nSPS) is 17.7. The largest absolute Gasteiger partial charge is 0.381 e. The van der Waals surface area contributed by atoms with E-state index in [4.69, 9.17) is 4.74 Å². The summed E-state index contributed by atoms with van der Waals surface area (Å²) in [4.78, 5) is 0. The van der Waals surface area contributed by atoms with E-state index in [1.165, 1.54) is 6.42 Å². The van der Waals surface area contributed by atoms with Crippen LogP contribution in [0.2, 0.25) is 0 Å². The smallest absolute Gasteiger partial charge is 0.0516 e. The number of hydrogen-bond acceptors (Lipinski definition) is 1. The van der Waals surface area contributed by atoms with Crippen LogP contribution in [0, 0.1) is 11.8 Å². The van der Waals surface area contributed by atoms with Gasteiger partial charge in [0.1, 0.15) is 0 Å². The van der Waals surface area contributed by atoms with E-state index in [2.05, 4.69) is 13.8 Å². The maximum absolute atomic E-state index is 5.04. The van der Waals surface area contributed by atoms with Crippen molar-refractivity contribution in [3.05, 3.63) is 0 Å². The van der Waals surface area contributed by atoms with Gasteiger partial charge in [-0.1, -0.05) is 27.7 Å². The molecule has 1 aliphatic heterocycles. The molecule has 1 heteroatoms. The predicted octanol–water partition coefficient (Wildman–Crippen LogP) is 2.71. The number of hydrogen-bond donors (Lipinski definition) is 0. The number of ether oxygens (including phenoxy) is 1. The molecule has 0 aromatic heterocycles. The summed E-state index contributed by atoms with van der Waals surface area (Å²) in [6.07, 6.45) is 1.35. The lowest BCUT2D eigenvalue weighted by Gasteiger charge is -2.27. The van der Waals surface area contributed by atoms with Gasteiger partial charge in [-0.2, -0.15) is 0 Å². The summed E-state index contributed by atoms with van der Waals surface area (Å²) in [5.41, 5.74) is 0. The van der Waals surface area contributed by atoms with Crippen molar-refractivity contribution in [2.45, 2.75) is 34.1 Å². The lowest BCUT2D eigenvalue weighted by Crippen LogP contribution is -2.28. The van der Waals surface area contributed by atoms with Gasteiger partial charge in [0.15, 0.2) is 0 Å². The predicted molar refractivity (Wildman–Crippen MR) is 45.1 cm³/mol. The summed E-state index contributed by atoms with van der Waals surface area (Å²) in [5.74, 6) is 1.74. The van der Waals surface area contributed by atoms with E-state index in [1.807, 2.05) is 13.8 Å². The molecule has 0 saturated carbocycles. The van der Waals surface area contributed by atoms with Crippen molar-refractivity contribution in [2.75, 3.05) is 13.2 Å². The fourth-order valence-corrected chi connectivity index (χ4v) is 1.09. The molecule has 1 saturated heterocycles. The molecule has 0 radical (unpaired) electrons. The second-order valence-corrected chi connectivity index (χ2v) is 3.03. The van der Waals surface area contributed by atoms with Crippen molar-refractivity contribution in [2.24, 2.45) is 11.8 Å². The minimum Gasteiger partial charge on any atom is -0.381 e. The molecule has 1 heterocycles. The van der Waals surface area contributed by atoms with Gasteiger partial charge >= 0.3 is 0 Å². The topological polar surface area (TPSA) is 9.23 Å². The summed E-state index contributed by atoms with van der Waals surface area (Å²) in [7, 11) is 0. The molecule has 0 aliphatic carbocycles. The molecule has 62 valence electrons. The molecule has 0 N–H and O–H groups in total. The minimum atomic E-state index is 0.851. The van der Waals surface area contributed by atoms with E-state index in [-0.39, 0.29) is 0 Å². The minimum absolute atomic E-state index is 0.851. The monoisotopic (exact) mass is 144 g/mol. The van der Waals surface area contributed by atoms with Gasteiger partial charge in [0.05, 0.1) is 13.2 Å². The van der Waals surface area contributed by atoms with Crippen LogP contribution in [0.1, 0.15) is 34.1 Å². The Morgan fingerprint density at radius 2 is 1.80 bits per heavy atom. The average molecular weight is 144 g/mol. The van der Waals surface area contributed by atoms with Crippen LogP contribution in [0.15, 0.2) is 0 Å². The third-order valence-corrected chi connectivity index (χ3v) is 1.51. The first kappa shape index (κ1) is 9.96. The molecule has 1 rings (SSSR count). The van der Waals surface area contributed by atoms with Gasteiger partial charge in [-0.25, -0.2) is 0 Å². The summed E-state index contributed by atoms with van der Waals surface area (Å²) >= 11 is 0. The van der Waals surface area contributed by atoms with Crippen LogP contribution in [0.3, 0.4) is 0 Å². The summed E-state index contributed by atoms with van der Waals surface area (Å²) in [6, 6.07) is 0. The quantitative estimate of drug-likeness (QED) is 0.579. The average Bonchev–Trinajstić information content (AvgIpc) is 1.84. The van der Waals surface area contributed by atoms with E-state index in [0.717, 1.165) is 25.0 Å². The van der Waals surface area contributed by atoms with Crippen molar-refractivity contribution in [1.29, 1.82) is 0 Å². The highest BCUT2D eigenvalue weighted by atomic mass is 16.5. The van der Waals surface area contributed by atoms with Crippen LogP contribution in [0.25, 0.3) is 0 Å². The van der Waals surface area contributed by atoms with Gasteiger partial charge in [-0.15, -0.1) is 0 Å². The Bertz CT molecular complexity index is 65.1. The molecule has 1 aliphatic rings. The molecule has 0 aromatic rings. The van der Waals surface area contributed by atoms with Crippen LogP contribution >= 0.6 is 0 Å². The maximum Gasteiger partial charge on any atom is 0.0516 e. The Labute approximate surface area is 64.8 Å². The summed E-state index contributed by atoms with van der Waals surface area (Å²) < 4.78 is 5.04. The van der Waals surface area contributed by atoms with Crippen LogP contribution in [0.4, 0.5) is 0 Å². The zero-order valence-electron chi connectivity index (χ0n) is 7.68. The molecular weight excluding hydrogens is 124 g/mol. The lowest BCUT2D eigenvalue weighted by atomic mass is 9.96. The standard InChI is InChI=1S/C7H14O.C2H6/c1-6(2)3-7-4-8-5-7;1-2/h6-7H,3-5H2,1-2H3;1-2H3. The first-order valence-corrected chi connectivity index (χ1v) is 4.37. The molecule has 10 heavy (non-hydrogen) atoms. The molecular formula is C9H20O. The Kier molecular flexibility index (Phi) is 5.70. The van der Waals surface area contributed by atoms with Gasteiger partial charge in [0.2, 0.25) is 0 Å². The highest BCUT2D eigenvalue weighted by Crippen LogP contribution is 2.18. The van der Waals surface area contributed by atoms with Gasteiger partial charge in [0, 0.05) is 5.92 Å². The number of rotatable bonds is 2. The molecule has 1 nitrogen and oxygen atoms in total. The van der Waals surface area contributed by atoms with Crippen LogP contribution in [0.5, 0.6) is 0 Å². The summed E-state index contributed by atoms with van der Waals surface area (Å²) in [5, 5.41) is 0. The van der Waals surface area contributed by atoms with Crippen LogP contribution < -0.4 is 0 Å². The van der Waals surface area contributed by atoms with Gasteiger partial charge in [-0.3, -0.25) is 0 Å². The van der Waals surface area contributed by atoms with Gasteiger partial charge < -0.3 is 4.74 Å². The van der Waals surface area contributed by atoms with E-state index in [1.54, 1.807) is 0 Å².